The third-order valence-electron chi connectivity index (χ3n) is 5.26. The van der Waals surface area contributed by atoms with Gasteiger partial charge in [0.15, 0.2) is 0 Å². The molecule has 3 aromatic carbocycles. The number of halogens is 1. The summed E-state index contributed by atoms with van der Waals surface area (Å²) in [6, 6.07) is 22.3. The molecule has 0 radical (unpaired) electrons. The molecule has 1 aromatic heterocycles. The molecule has 37 heavy (non-hydrogen) atoms. The van der Waals surface area contributed by atoms with Gasteiger partial charge in [-0.1, -0.05) is 54.1 Å². The highest BCUT2D eigenvalue weighted by Crippen LogP contribution is 2.22. The summed E-state index contributed by atoms with van der Waals surface area (Å²) in [5.74, 6) is -0.831. The van der Waals surface area contributed by atoms with E-state index in [1.165, 1.54) is 36.7 Å². The lowest BCUT2D eigenvalue weighted by atomic mass is 10.0. The van der Waals surface area contributed by atoms with Crippen LogP contribution in [0, 0.1) is 0 Å². The number of anilines is 2. The van der Waals surface area contributed by atoms with E-state index in [2.05, 4.69) is 25.3 Å². The van der Waals surface area contributed by atoms with Crippen molar-refractivity contribution in [1.29, 1.82) is 0 Å². The molecule has 0 saturated heterocycles. The molecule has 0 fully saturated rings. The largest absolute Gasteiger partial charge is 0.345 e. The second-order valence-electron chi connectivity index (χ2n) is 7.87. The van der Waals surface area contributed by atoms with Crippen LogP contribution in [0.5, 0.6) is 0 Å². The van der Waals surface area contributed by atoms with Crippen LogP contribution in [0.25, 0.3) is 0 Å². The summed E-state index contributed by atoms with van der Waals surface area (Å²) in [5, 5.41) is 5.92. The van der Waals surface area contributed by atoms with Crippen molar-refractivity contribution in [2.75, 3.05) is 10.0 Å². The Morgan fingerprint density at radius 1 is 0.838 bits per heavy atom. The Kier molecular flexibility index (Phi) is 8.11. The first-order valence-electron chi connectivity index (χ1n) is 11.1. The first kappa shape index (κ1) is 25.8. The van der Waals surface area contributed by atoms with E-state index >= 15 is 0 Å². The molecule has 0 saturated carbocycles. The minimum absolute atomic E-state index is 0.0212. The lowest BCUT2D eigenvalue weighted by Gasteiger charge is -2.19. The van der Waals surface area contributed by atoms with Gasteiger partial charge in [0.25, 0.3) is 15.9 Å². The molecule has 4 rings (SSSR count). The maximum atomic E-state index is 12.9. The molecule has 0 aliphatic carbocycles. The Balaban J connectivity index is 1.44. The summed E-state index contributed by atoms with van der Waals surface area (Å²) < 4.78 is 27.4. The predicted molar refractivity (Wildman–Crippen MR) is 141 cm³/mol. The van der Waals surface area contributed by atoms with E-state index in [4.69, 9.17) is 11.6 Å². The molecule has 1 atom stereocenters. The molecular formula is C26H22ClN5O4S. The molecule has 0 aliphatic rings. The minimum Gasteiger partial charge on any atom is -0.345 e. The Bertz CT molecular complexity index is 1480. The number of amides is 2. The third-order valence-corrected chi connectivity index (χ3v) is 6.93. The van der Waals surface area contributed by atoms with Crippen LogP contribution in [0.2, 0.25) is 5.02 Å². The Hall–Kier alpha value is -4.28. The minimum atomic E-state index is -3.90. The molecular weight excluding hydrogens is 514 g/mol. The van der Waals surface area contributed by atoms with Gasteiger partial charge in [-0.05, 0) is 48.0 Å². The molecule has 11 heteroatoms. The van der Waals surface area contributed by atoms with Crippen LogP contribution < -0.4 is 15.4 Å². The van der Waals surface area contributed by atoms with Crippen molar-refractivity contribution < 1.29 is 18.0 Å². The van der Waals surface area contributed by atoms with E-state index in [-0.39, 0.29) is 23.2 Å². The van der Waals surface area contributed by atoms with Gasteiger partial charge < -0.3 is 10.6 Å². The fourth-order valence-corrected chi connectivity index (χ4v) is 4.64. The van der Waals surface area contributed by atoms with Crippen molar-refractivity contribution in [3.63, 3.8) is 0 Å². The second-order valence-corrected chi connectivity index (χ2v) is 9.96. The number of hydrogen-bond donors (Lipinski definition) is 3. The van der Waals surface area contributed by atoms with Crippen molar-refractivity contribution in [3.8, 4) is 0 Å². The number of carbonyl (C=O) groups is 2. The topological polar surface area (TPSA) is 130 Å². The summed E-state index contributed by atoms with van der Waals surface area (Å²) in [4.78, 5) is 33.4. The van der Waals surface area contributed by atoms with Gasteiger partial charge in [-0.3, -0.25) is 9.59 Å². The molecule has 2 amide bonds. The van der Waals surface area contributed by atoms with Crippen molar-refractivity contribution in [2.45, 2.75) is 17.4 Å². The molecule has 1 unspecified atom stereocenters. The number of benzene rings is 3. The van der Waals surface area contributed by atoms with Crippen molar-refractivity contribution in [3.05, 3.63) is 113 Å². The molecule has 0 aliphatic heterocycles. The number of sulfonamides is 1. The van der Waals surface area contributed by atoms with Gasteiger partial charge >= 0.3 is 0 Å². The van der Waals surface area contributed by atoms with Crippen LogP contribution in [-0.4, -0.2) is 30.2 Å². The number of nitrogens with zero attached hydrogens (tertiary/aromatic N) is 2. The van der Waals surface area contributed by atoms with Crippen LogP contribution in [0.3, 0.4) is 0 Å². The first-order chi connectivity index (χ1) is 17.8. The number of rotatable bonds is 9. The van der Waals surface area contributed by atoms with Crippen LogP contribution >= 0.6 is 11.6 Å². The average Bonchev–Trinajstić information content (AvgIpc) is 2.89. The zero-order valence-electron chi connectivity index (χ0n) is 19.3. The predicted octanol–water partition coefficient (Wildman–Crippen LogP) is 4.43. The Morgan fingerprint density at radius 2 is 1.49 bits per heavy atom. The van der Waals surface area contributed by atoms with Gasteiger partial charge in [0.2, 0.25) is 11.9 Å². The van der Waals surface area contributed by atoms with Crippen LogP contribution in [0.4, 0.5) is 11.6 Å². The molecule has 0 bridgehead atoms. The highest BCUT2D eigenvalue weighted by molar-refractivity contribution is 7.92. The third kappa shape index (κ3) is 6.90. The fourth-order valence-electron chi connectivity index (χ4n) is 3.46. The van der Waals surface area contributed by atoms with Gasteiger partial charge in [-0.25, -0.2) is 23.1 Å². The zero-order valence-corrected chi connectivity index (χ0v) is 20.9. The summed E-state index contributed by atoms with van der Waals surface area (Å²) >= 11 is 6.16. The van der Waals surface area contributed by atoms with Gasteiger partial charge in [0.1, 0.15) is 0 Å². The number of aromatic nitrogens is 2. The van der Waals surface area contributed by atoms with Gasteiger partial charge in [-0.15, -0.1) is 0 Å². The highest BCUT2D eigenvalue weighted by atomic mass is 35.5. The van der Waals surface area contributed by atoms with E-state index in [1.54, 1.807) is 30.3 Å². The van der Waals surface area contributed by atoms with Gasteiger partial charge in [0.05, 0.1) is 27.9 Å². The fraction of sp³-hybridized carbons (Fsp3) is 0.0769. The van der Waals surface area contributed by atoms with Gasteiger partial charge in [0, 0.05) is 18.1 Å². The molecule has 188 valence electrons. The van der Waals surface area contributed by atoms with Crippen molar-refractivity contribution in [1.82, 2.24) is 15.3 Å². The van der Waals surface area contributed by atoms with Crippen LogP contribution in [0.15, 0.2) is 102 Å². The number of carbonyl (C=O) groups excluding carboxylic acids is 2. The Labute approximate surface area is 219 Å². The van der Waals surface area contributed by atoms with Crippen molar-refractivity contribution >= 4 is 45.1 Å². The summed E-state index contributed by atoms with van der Waals surface area (Å²) in [5.41, 5.74) is 1.44. The number of hydrogen-bond acceptors (Lipinski definition) is 6. The van der Waals surface area contributed by atoms with E-state index in [1.807, 2.05) is 30.3 Å². The monoisotopic (exact) mass is 535 g/mol. The van der Waals surface area contributed by atoms with E-state index in [9.17, 15) is 18.0 Å². The SMILES string of the molecule is O=C(CC(NC(=O)c1ccccc1Cl)c1ccccc1)Nc1ccc(S(=O)(=O)Nc2ncccn2)cc1. The van der Waals surface area contributed by atoms with Crippen LogP contribution in [-0.2, 0) is 14.8 Å². The summed E-state index contributed by atoms with van der Waals surface area (Å²) in [6.07, 6.45) is 2.78. The molecule has 4 aromatic rings. The molecule has 3 N–H and O–H groups in total. The van der Waals surface area contributed by atoms with E-state index < -0.39 is 22.0 Å². The standard InChI is InChI=1S/C26H22ClN5O4S/c27-22-10-5-4-9-21(22)25(34)31-23(18-7-2-1-3-8-18)17-24(33)30-19-11-13-20(14-12-19)37(35,36)32-26-28-15-6-16-29-26/h1-16,23H,17H2,(H,30,33)(H,31,34)(H,28,29,32). The van der Waals surface area contributed by atoms with E-state index in [0.717, 1.165) is 5.56 Å². The maximum absolute atomic E-state index is 12.9. The average molecular weight is 536 g/mol. The first-order valence-corrected chi connectivity index (χ1v) is 13.0. The molecule has 0 spiro atoms. The second kappa shape index (κ2) is 11.6. The molecule has 1 heterocycles. The smallest absolute Gasteiger partial charge is 0.264 e. The molecule has 9 nitrogen and oxygen atoms in total. The number of nitrogens with one attached hydrogen (secondary N) is 3. The lowest BCUT2D eigenvalue weighted by Crippen LogP contribution is -2.31. The quantitative estimate of drug-likeness (QED) is 0.290. The summed E-state index contributed by atoms with van der Waals surface area (Å²) in [6.45, 7) is 0. The maximum Gasteiger partial charge on any atom is 0.264 e. The zero-order chi connectivity index (χ0) is 26.3. The normalized spacial score (nSPS) is 11.8. The highest BCUT2D eigenvalue weighted by Gasteiger charge is 2.21. The Morgan fingerprint density at radius 3 is 2.16 bits per heavy atom. The van der Waals surface area contributed by atoms with Crippen molar-refractivity contribution in [2.24, 2.45) is 0 Å². The van der Waals surface area contributed by atoms with E-state index in [0.29, 0.717) is 16.3 Å². The van der Waals surface area contributed by atoms with Gasteiger partial charge in [-0.2, -0.15) is 0 Å². The lowest BCUT2D eigenvalue weighted by molar-refractivity contribution is -0.116. The van der Waals surface area contributed by atoms with Crippen LogP contribution in [0.1, 0.15) is 28.4 Å². The summed E-state index contributed by atoms with van der Waals surface area (Å²) in [7, 11) is -3.90.